The van der Waals surface area contributed by atoms with Gasteiger partial charge in [-0.05, 0) is 22.1 Å². The van der Waals surface area contributed by atoms with Crippen molar-refractivity contribution in [2.75, 3.05) is 0 Å². The molecule has 1 saturated carbocycles. The summed E-state index contributed by atoms with van der Waals surface area (Å²) in [7, 11) is 0. The van der Waals surface area contributed by atoms with Crippen LogP contribution in [0.4, 0.5) is 0 Å². The van der Waals surface area contributed by atoms with E-state index in [0.29, 0.717) is 11.8 Å². The number of amides is 1. The Morgan fingerprint density at radius 1 is 0.682 bits per heavy atom. The largest absolute Gasteiger partial charge is 0.0149 e. The van der Waals surface area contributed by atoms with E-state index in [4.69, 9.17) is 0 Å². The molecule has 0 spiro atoms. The number of benzene rings is 2. The Balaban J connectivity index is 0.000000338. The number of nitrogens with one attached hydrogen (secondary N) is 1. The van der Waals surface area contributed by atoms with E-state index in [2.05, 4.69) is 90.5 Å². The van der Waals surface area contributed by atoms with Crippen molar-refractivity contribution in [1.29, 1.82) is 0 Å². The van der Waals surface area contributed by atoms with E-state index in [1.54, 1.807) is 3.88 Å². The van der Waals surface area contributed by atoms with Crippen LogP contribution in [0.3, 0.4) is 0 Å². The summed E-state index contributed by atoms with van der Waals surface area (Å²) >= 11 is -2.55. The van der Waals surface area contributed by atoms with Crippen LogP contribution >= 0.6 is 0 Å². The maximum Gasteiger partial charge on any atom is -0.0149 e. The van der Waals surface area contributed by atoms with Gasteiger partial charge in [0, 0.05) is 0 Å². The van der Waals surface area contributed by atoms with Gasteiger partial charge in [-0.15, -0.1) is 0 Å². The van der Waals surface area contributed by atoms with E-state index in [1.165, 1.54) is 85.6 Å². The van der Waals surface area contributed by atoms with E-state index in [1.807, 2.05) is 36.4 Å². The van der Waals surface area contributed by atoms with Crippen LogP contribution in [-0.2, 0) is 21.6 Å². The molecule has 4 heteroatoms. The van der Waals surface area contributed by atoms with Crippen LogP contribution in [0.25, 0.3) is 12.2 Å². The summed E-state index contributed by atoms with van der Waals surface area (Å²) in [5, 5.41) is 4.77. The molecule has 0 saturated heterocycles. The molecule has 2 aromatic rings. The second kappa shape index (κ2) is 20.0. The van der Waals surface area contributed by atoms with Crippen LogP contribution in [0, 0.1) is 11.8 Å². The smallest absolute Gasteiger partial charge is 0.0149 e. The normalized spacial score (nSPS) is 19.2. The third-order valence-corrected chi connectivity index (χ3v) is 14.2. The summed E-state index contributed by atoms with van der Waals surface area (Å²) in [6, 6.07) is 20.6. The molecule has 4 rings (SSSR count). The first-order chi connectivity index (χ1) is 20.7. The average Bonchev–Trinajstić information content (AvgIpc) is 3.19. The molecule has 0 aliphatic heterocycles. The second-order valence-electron chi connectivity index (χ2n) is 13.2. The van der Waals surface area contributed by atoms with E-state index in [9.17, 15) is 4.79 Å². The minimum atomic E-state index is -2.55. The van der Waals surface area contributed by atoms with E-state index < -0.39 is 16.8 Å². The number of hydrogen-bond acceptors (Lipinski definition) is 1. The number of carbonyl (C=O) groups excluding carboxylic acids is 1. The standard InChI is InChI=1S/C16H14.C13H25NO.C9H13.2CH3.H4Si.Ti/c1-3-9-15(10-4-1)13-7-8-14-16-11-5-2-6-12-16;14-13(15)12-10-8-6-4-2-1-3-5-7-9-11-12;1-6-5-7(2)9(4)8(6)3;;;;/h1-14H;12H,1-11H2,(H2,14,15);6H,1-4H3;2*1H3;1H4;/q;;;;;;+1/p-1. The fraction of sp³-hybridized carbons (Fsp3) is 0.475. The number of allylic oxidation sites excluding steroid dienone is 6. The van der Waals surface area contributed by atoms with Crippen molar-refractivity contribution in [1.82, 2.24) is 3.80 Å². The third-order valence-electron chi connectivity index (χ3n) is 9.51. The number of hydrogen-bond donors (Lipinski definition) is 1. The third kappa shape index (κ3) is 12.3. The van der Waals surface area contributed by atoms with E-state index >= 15 is 0 Å². The van der Waals surface area contributed by atoms with Crippen LogP contribution in [0.1, 0.15) is 109 Å². The Kier molecular flexibility index (Phi) is 17.3. The first-order valence-corrected chi connectivity index (χ1v) is 21.5. The van der Waals surface area contributed by atoms with Gasteiger partial charge in [0.1, 0.15) is 0 Å². The molecule has 2 nitrogen and oxygen atoms in total. The van der Waals surface area contributed by atoms with Gasteiger partial charge in [0.2, 0.25) is 0 Å². The Morgan fingerprint density at radius 2 is 1.09 bits per heavy atom. The summed E-state index contributed by atoms with van der Waals surface area (Å²) in [6.45, 7) is 9.12. The topological polar surface area (TPSA) is 29.1 Å². The molecule has 1 unspecified atom stereocenters. The van der Waals surface area contributed by atoms with Crippen molar-refractivity contribution in [3.8, 4) is 0 Å². The van der Waals surface area contributed by atoms with Crippen molar-refractivity contribution >= 4 is 29.0 Å². The summed E-state index contributed by atoms with van der Waals surface area (Å²) in [5.41, 5.74) is 6.86. The average molecular weight is 648 g/mol. The summed E-state index contributed by atoms with van der Waals surface area (Å²) in [5.74, 6) is 1.12. The number of rotatable bonds is 6. The van der Waals surface area contributed by atoms with Crippen molar-refractivity contribution in [3.05, 3.63) is 105 Å². The van der Waals surface area contributed by atoms with E-state index in [-0.39, 0.29) is 16.9 Å². The van der Waals surface area contributed by atoms with Crippen LogP contribution in [0.5, 0.6) is 0 Å². The molecule has 240 valence electrons. The maximum atomic E-state index is 13.3. The fourth-order valence-electron chi connectivity index (χ4n) is 6.74. The Morgan fingerprint density at radius 3 is 1.48 bits per heavy atom. The summed E-state index contributed by atoms with van der Waals surface area (Å²) < 4.78 is 5.24. The first kappa shape index (κ1) is 38.0. The molecular formula is C40H61NOSiTi. The van der Waals surface area contributed by atoms with Gasteiger partial charge in [0.05, 0.1) is 0 Å². The van der Waals surface area contributed by atoms with Gasteiger partial charge in [-0.3, -0.25) is 0 Å². The molecule has 2 aliphatic carbocycles. The van der Waals surface area contributed by atoms with Crippen molar-refractivity contribution in [2.45, 2.75) is 109 Å². The molecule has 1 atom stereocenters. The zero-order valence-corrected chi connectivity index (χ0v) is 29.5. The zero-order chi connectivity index (χ0) is 31.1. The van der Waals surface area contributed by atoms with Crippen LogP contribution < -0.4 is 3.80 Å². The molecule has 1 fully saturated rings. The van der Waals surface area contributed by atoms with Gasteiger partial charge in [-0.25, -0.2) is 0 Å². The monoisotopic (exact) mass is 647 g/mol. The number of carbonyl (C=O) groups is 1. The predicted octanol–water partition coefficient (Wildman–Crippen LogP) is 10.4. The molecule has 2 aliphatic rings. The Labute approximate surface area is 278 Å². The van der Waals surface area contributed by atoms with Crippen LogP contribution in [-0.4, -0.2) is 16.9 Å². The van der Waals surface area contributed by atoms with E-state index in [0.717, 1.165) is 12.8 Å². The quantitative estimate of drug-likeness (QED) is 0.245. The molecule has 0 bridgehead atoms. The molecule has 0 radical (unpaired) electrons. The summed E-state index contributed by atoms with van der Waals surface area (Å²) in [6.07, 6.45) is 22.4. The van der Waals surface area contributed by atoms with Crippen LogP contribution in [0.15, 0.2) is 93.4 Å². The first-order valence-electron chi connectivity index (χ1n) is 16.9. The van der Waals surface area contributed by atoms with Gasteiger partial charge < -0.3 is 0 Å². The Bertz CT molecular complexity index is 1200. The van der Waals surface area contributed by atoms with Gasteiger partial charge in [-0.1, -0.05) is 85.0 Å². The SMILES string of the molecule is C(C=Cc1ccccc1)=Cc1ccccc1.CC1=C(C)C(C)[C]([Ti]([CH3])([CH3])[NH]C(=O)C2CCCCCCCCCCC2)=C1C.[SiH4]. The molecule has 2 aromatic carbocycles. The van der Waals surface area contributed by atoms with Gasteiger partial charge >= 0.3 is 173 Å². The van der Waals surface area contributed by atoms with Crippen molar-refractivity contribution in [3.63, 3.8) is 0 Å². The molecular weight excluding hydrogens is 586 g/mol. The van der Waals surface area contributed by atoms with Gasteiger partial charge in [0.15, 0.2) is 0 Å². The Hall–Kier alpha value is -2.20. The van der Waals surface area contributed by atoms with Crippen LogP contribution in [0.2, 0.25) is 10.5 Å². The molecule has 44 heavy (non-hydrogen) atoms. The fourth-order valence-corrected chi connectivity index (χ4v) is 12.0. The maximum absolute atomic E-state index is 13.3. The van der Waals surface area contributed by atoms with Crippen molar-refractivity contribution in [2.24, 2.45) is 11.8 Å². The molecule has 0 heterocycles. The van der Waals surface area contributed by atoms with Gasteiger partial charge in [0.25, 0.3) is 0 Å². The zero-order valence-electron chi connectivity index (χ0n) is 27.9. The molecule has 0 aromatic heterocycles. The molecule has 1 amide bonds. The minimum Gasteiger partial charge on any atom is -0.0149 e. The molecule has 1 N–H and O–H groups in total. The predicted molar refractivity (Wildman–Crippen MR) is 197 cm³/mol. The second-order valence-corrected chi connectivity index (χ2v) is 19.5. The minimum absolute atomic E-state index is 0. The summed E-state index contributed by atoms with van der Waals surface area (Å²) in [4.78, 5) is 13.3. The van der Waals surface area contributed by atoms with Crippen molar-refractivity contribution < 1.29 is 21.6 Å². The van der Waals surface area contributed by atoms with Gasteiger partial charge in [-0.2, -0.15) is 0 Å².